The summed E-state index contributed by atoms with van der Waals surface area (Å²) >= 11 is 0. The number of aryl methyl sites for hydroxylation is 1. The van der Waals surface area contributed by atoms with Crippen LogP contribution in [0.2, 0.25) is 0 Å². The van der Waals surface area contributed by atoms with Crippen molar-refractivity contribution in [1.29, 1.82) is 0 Å². The van der Waals surface area contributed by atoms with Crippen LogP contribution in [-0.4, -0.2) is 48.4 Å². The lowest BCUT2D eigenvalue weighted by Crippen LogP contribution is -2.42. The molecule has 0 unspecified atom stereocenters. The minimum Gasteiger partial charge on any atom is -0.466 e. The number of hydrogen-bond acceptors (Lipinski definition) is 5. The van der Waals surface area contributed by atoms with Gasteiger partial charge >= 0.3 is 5.97 Å². The number of imidazole rings is 1. The van der Waals surface area contributed by atoms with Crippen LogP contribution in [0.15, 0.2) is 11.2 Å². The number of nitrogens with zero attached hydrogens (tertiary/aromatic N) is 2. The van der Waals surface area contributed by atoms with Gasteiger partial charge < -0.3 is 9.72 Å². The number of ether oxygens (including phenoxy) is 1. The van der Waals surface area contributed by atoms with Crippen molar-refractivity contribution in [2.24, 2.45) is 5.92 Å². The summed E-state index contributed by atoms with van der Waals surface area (Å²) < 4.78 is 31.4. The Morgan fingerprint density at radius 3 is 2.90 bits per heavy atom. The molecule has 1 atom stereocenters. The van der Waals surface area contributed by atoms with Crippen LogP contribution in [0, 0.1) is 5.92 Å². The van der Waals surface area contributed by atoms with Gasteiger partial charge in [0.2, 0.25) is 0 Å². The quantitative estimate of drug-likeness (QED) is 0.816. The van der Waals surface area contributed by atoms with E-state index in [0.717, 1.165) is 0 Å². The second-order valence-electron chi connectivity index (χ2n) is 5.00. The molecule has 1 saturated heterocycles. The molecule has 2 rings (SSSR count). The van der Waals surface area contributed by atoms with Crippen molar-refractivity contribution in [3.63, 3.8) is 0 Å². The van der Waals surface area contributed by atoms with Gasteiger partial charge in [-0.25, -0.2) is 13.4 Å². The van der Waals surface area contributed by atoms with Crippen molar-refractivity contribution in [1.82, 2.24) is 14.3 Å². The lowest BCUT2D eigenvalue weighted by atomic mass is 10.0. The molecule has 0 bridgehead atoms. The van der Waals surface area contributed by atoms with Gasteiger partial charge in [0.15, 0.2) is 5.03 Å². The number of hydrogen-bond donors (Lipinski definition) is 1. The molecule has 118 valence electrons. The maximum absolute atomic E-state index is 12.5. The van der Waals surface area contributed by atoms with E-state index in [2.05, 4.69) is 9.97 Å². The third-order valence-corrected chi connectivity index (χ3v) is 5.34. The third-order valence-electron chi connectivity index (χ3n) is 3.56. The van der Waals surface area contributed by atoms with Crippen LogP contribution >= 0.6 is 0 Å². The van der Waals surface area contributed by atoms with Gasteiger partial charge in [0.1, 0.15) is 5.82 Å². The highest BCUT2D eigenvalue weighted by molar-refractivity contribution is 7.89. The fourth-order valence-electron chi connectivity index (χ4n) is 2.41. The lowest BCUT2D eigenvalue weighted by molar-refractivity contribution is -0.149. The topological polar surface area (TPSA) is 92.4 Å². The number of rotatable bonds is 5. The number of piperidine rings is 1. The average Bonchev–Trinajstić information content (AvgIpc) is 2.97. The Balaban J connectivity index is 2.14. The van der Waals surface area contributed by atoms with Gasteiger partial charge in [0, 0.05) is 19.5 Å². The Labute approximate surface area is 124 Å². The summed E-state index contributed by atoms with van der Waals surface area (Å²) in [6.45, 7) is 4.53. The maximum atomic E-state index is 12.5. The largest absolute Gasteiger partial charge is 0.466 e. The Kier molecular flexibility index (Phi) is 5.00. The van der Waals surface area contributed by atoms with E-state index in [1.807, 2.05) is 6.92 Å². The maximum Gasteiger partial charge on any atom is 0.310 e. The Hall–Kier alpha value is -1.41. The van der Waals surface area contributed by atoms with E-state index in [-0.39, 0.29) is 23.5 Å². The molecule has 1 aromatic heterocycles. The molecule has 1 fully saturated rings. The highest BCUT2D eigenvalue weighted by Crippen LogP contribution is 2.23. The first kappa shape index (κ1) is 16.0. The van der Waals surface area contributed by atoms with Crippen LogP contribution in [0.5, 0.6) is 0 Å². The molecular formula is C13H21N3O4S. The number of aromatic nitrogens is 2. The first-order chi connectivity index (χ1) is 9.98. The van der Waals surface area contributed by atoms with Crippen molar-refractivity contribution in [2.45, 2.75) is 38.1 Å². The highest BCUT2D eigenvalue weighted by Gasteiger charge is 2.34. The number of H-pyrrole nitrogens is 1. The van der Waals surface area contributed by atoms with E-state index in [9.17, 15) is 13.2 Å². The highest BCUT2D eigenvalue weighted by atomic mass is 32.2. The molecule has 0 aromatic carbocycles. The van der Waals surface area contributed by atoms with E-state index in [1.165, 1.54) is 10.5 Å². The molecule has 21 heavy (non-hydrogen) atoms. The number of carbonyl (C=O) groups excluding carboxylic acids is 1. The predicted molar refractivity (Wildman–Crippen MR) is 76.1 cm³/mol. The van der Waals surface area contributed by atoms with Gasteiger partial charge in [-0.05, 0) is 19.8 Å². The van der Waals surface area contributed by atoms with Gasteiger partial charge in [-0.15, -0.1) is 0 Å². The van der Waals surface area contributed by atoms with Crippen molar-refractivity contribution in [3.8, 4) is 0 Å². The zero-order chi connectivity index (χ0) is 15.5. The van der Waals surface area contributed by atoms with E-state index in [4.69, 9.17) is 4.74 Å². The smallest absolute Gasteiger partial charge is 0.310 e. The molecular weight excluding hydrogens is 294 g/mol. The van der Waals surface area contributed by atoms with Gasteiger partial charge in [-0.1, -0.05) is 6.92 Å². The second kappa shape index (κ2) is 6.57. The molecule has 7 nitrogen and oxygen atoms in total. The van der Waals surface area contributed by atoms with Crippen LogP contribution in [0.4, 0.5) is 0 Å². The van der Waals surface area contributed by atoms with Crippen molar-refractivity contribution < 1.29 is 17.9 Å². The summed E-state index contributed by atoms with van der Waals surface area (Å²) in [7, 11) is -3.63. The number of sulfonamides is 1. The molecule has 8 heteroatoms. The summed E-state index contributed by atoms with van der Waals surface area (Å²) in [6, 6.07) is 0. The standard InChI is InChI=1S/C13H21N3O4S/c1-3-11-14-8-12(15-11)21(18,19)16-7-5-6-10(9-16)13(17)20-4-2/h8,10H,3-7,9H2,1-2H3,(H,14,15)/t10-/m1/s1. The van der Waals surface area contributed by atoms with E-state index in [1.54, 1.807) is 6.92 Å². The van der Waals surface area contributed by atoms with Crippen LogP contribution in [-0.2, 0) is 26.0 Å². The fourth-order valence-corrected chi connectivity index (χ4v) is 3.86. The number of nitrogens with one attached hydrogen (secondary N) is 1. The normalized spacial score (nSPS) is 20.4. The van der Waals surface area contributed by atoms with Gasteiger partial charge in [-0.2, -0.15) is 4.31 Å². The van der Waals surface area contributed by atoms with E-state index < -0.39 is 10.0 Å². The Morgan fingerprint density at radius 2 is 2.29 bits per heavy atom. The fraction of sp³-hybridized carbons (Fsp3) is 0.692. The van der Waals surface area contributed by atoms with Gasteiger partial charge in [0.05, 0.1) is 18.7 Å². The van der Waals surface area contributed by atoms with Crippen LogP contribution in [0.1, 0.15) is 32.5 Å². The van der Waals surface area contributed by atoms with Crippen LogP contribution in [0.25, 0.3) is 0 Å². The molecule has 1 aromatic rings. The molecule has 0 radical (unpaired) electrons. The minimum absolute atomic E-state index is 0.0869. The summed E-state index contributed by atoms with van der Waals surface area (Å²) in [4.78, 5) is 18.6. The summed E-state index contributed by atoms with van der Waals surface area (Å²) in [5.74, 6) is -0.0779. The van der Waals surface area contributed by atoms with Gasteiger partial charge in [-0.3, -0.25) is 4.79 Å². The zero-order valence-electron chi connectivity index (χ0n) is 12.3. The van der Waals surface area contributed by atoms with Crippen LogP contribution < -0.4 is 0 Å². The van der Waals surface area contributed by atoms with E-state index >= 15 is 0 Å². The monoisotopic (exact) mass is 315 g/mol. The first-order valence-corrected chi connectivity index (χ1v) is 8.63. The molecule has 0 spiro atoms. The Morgan fingerprint density at radius 1 is 1.52 bits per heavy atom. The van der Waals surface area contributed by atoms with Crippen LogP contribution in [0.3, 0.4) is 0 Å². The number of aromatic amines is 1. The summed E-state index contributed by atoms with van der Waals surface area (Å²) in [5.41, 5.74) is 0. The molecule has 1 aliphatic rings. The van der Waals surface area contributed by atoms with Crippen molar-refractivity contribution >= 4 is 16.0 Å². The molecule has 1 N–H and O–H groups in total. The predicted octanol–water partition coefficient (Wildman–Crippen LogP) is 0.936. The van der Waals surface area contributed by atoms with Crippen molar-refractivity contribution in [3.05, 3.63) is 12.0 Å². The van der Waals surface area contributed by atoms with Crippen molar-refractivity contribution in [2.75, 3.05) is 19.7 Å². The Bertz CT molecular complexity index is 596. The zero-order valence-corrected chi connectivity index (χ0v) is 13.1. The van der Waals surface area contributed by atoms with E-state index in [0.29, 0.717) is 38.2 Å². The summed E-state index contributed by atoms with van der Waals surface area (Å²) in [6.07, 6.45) is 3.29. The number of esters is 1. The molecule has 0 aliphatic carbocycles. The lowest BCUT2D eigenvalue weighted by Gasteiger charge is -2.30. The average molecular weight is 315 g/mol. The molecule has 0 saturated carbocycles. The minimum atomic E-state index is -3.63. The SMILES string of the molecule is CCOC(=O)[C@@H]1CCCN(S(=O)(=O)c2cnc(CC)[nH]2)C1. The summed E-state index contributed by atoms with van der Waals surface area (Å²) in [5, 5.41) is 0.0869. The molecule has 1 aliphatic heterocycles. The molecule has 0 amide bonds. The second-order valence-corrected chi connectivity index (χ2v) is 6.91. The van der Waals surface area contributed by atoms with Gasteiger partial charge in [0.25, 0.3) is 10.0 Å². The molecule has 2 heterocycles. The third kappa shape index (κ3) is 3.44. The first-order valence-electron chi connectivity index (χ1n) is 7.19. The number of carbonyl (C=O) groups is 1.